The van der Waals surface area contributed by atoms with E-state index in [1.807, 2.05) is 6.92 Å². The lowest BCUT2D eigenvalue weighted by Crippen LogP contribution is -2.23. The molecule has 4 heteroatoms. The molecule has 0 radical (unpaired) electrons. The van der Waals surface area contributed by atoms with Crippen LogP contribution in [-0.2, 0) is 14.4 Å². The Morgan fingerprint density at radius 2 is 2.47 bits per heavy atom. The molecule has 15 heavy (non-hydrogen) atoms. The van der Waals surface area contributed by atoms with Crippen LogP contribution in [0.3, 0.4) is 0 Å². The number of carbonyl (C=O) groups excluding carboxylic acids is 1. The summed E-state index contributed by atoms with van der Waals surface area (Å²) in [5, 5.41) is 3.83. The molecule has 1 aliphatic heterocycles. The highest BCUT2D eigenvalue weighted by atomic mass is 16.6. The molecule has 1 fully saturated rings. The zero-order valence-corrected chi connectivity index (χ0v) is 9.49. The Balaban J connectivity index is 2.14. The smallest absolute Gasteiger partial charge is 0.306 e. The molecule has 1 heterocycles. The SMILES string of the molecule is CON=C(C)CCC[C@H]1CCCC(=O)O1. The van der Waals surface area contributed by atoms with Gasteiger partial charge in [0.25, 0.3) is 0 Å². The second kappa shape index (κ2) is 6.43. The fourth-order valence-corrected chi connectivity index (χ4v) is 1.77. The third kappa shape index (κ3) is 4.81. The average molecular weight is 213 g/mol. The Bertz CT molecular complexity index is 238. The summed E-state index contributed by atoms with van der Waals surface area (Å²) >= 11 is 0. The Hall–Kier alpha value is -1.06. The van der Waals surface area contributed by atoms with E-state index in [1.165, 1.54) is 0 Å². The highest BCUT2D eigenvalue weighted by molar-refractivity contribution is 5.81. The van der Waals surface area contributed by atoms with Gasteiger partial charge in [-0.25, -0.2) is 0 Å². The first kappa shape index (κ1) is 12.0. The van der Waals surface area contributed by atoms with E-state index in [0.717, 1.165) is 37.8 Å². The van der Waals surface area contributed by atoms with Crippen LogP contribution in [0, 0.1) is 0 Å². The molecule has 86 valence electrons. The lowest BCUT2D eigenvalue weighted by atomic mass is 10.0. The van der Waals surface area contributed by atoms with Gasteiger partial charge < -0.3 is 9.57 Å². The average Bonchev–Trinajstić information content (AvgIpc) is 2.18. The highest BCUT2D eigenvalue weighted by Crippen LogP contribution is 2.18. The van der Waals surface area contributed by atoms with Crippen molar-refractivity contribution < 1.29 is 14.4 Å². The van der Waals surface area contributed by atoms with E-state index in [0.29, 0.717) is 6.42 Å². The maximum atomic E-state index is 11.0. The molecule has 0 unspecified atom stereocenters. The summed E-state index contributed by atoms with van der Waals surface area (Å²) in [6.45, 7) is 1.94. The second-order valence-corrected chi connectivity index (χ2v) is 3.91. The van der Waals surface area contributed by atoms with Crippen LogP contribution in [0.4, 0.5) is 0 Å². The predicted molar refractivity (Wildman–Crippen MR) is 57.7 cm³/mol. The standard InChI is InChI=1S/C11H19NO3/c1-9(12-14-2)5-3-6-10-7-4-8-11(13)15-10/h10H,3-8H2,1-2H3/t10-/m0/s1. The van der Waals surface area contributed by atoms with Crippen LogP contribution in [0.25, 0.3) is 0 Å². The number of carbonyl (C=O) groups is 1. The van der Waals surface area contributed by atoms with Crippen LogP contribution in [0.2, 0.25) is 0 Å². The summed E-state index contributed by atoms with van der Waals surface area (Å²) in [7, 11) is 1.55. The van der Waals surface area contributed by atoms with Crippen LogP contribution in [0.5, 0.6) is 0 Å². The predicted octanol–water partition coefficient (Wildman–Crippen LogP) is 2.27. The fraction of sp³-hybridized carbons (Fsp3) is 0.818. The number of hydrogen-bond donors (Lipinski definition) is 0. The normalized spacial score (nSPS) is 22.4. The third-order valence-electron chi connectivity index (χ3n) is 2.52. The summed E-state index contributed by atoms with van der Waals surface area (Å²) in [5.41, 5.74) is 0.986. The van der Waals surface area contributed by atoms with Gasteiger partial charge in [-0.2, -0.15) is 0 Å². The third-order valence-corrected chi connectivity index (χ3v) is 2.52. The Morgan fingerprint density at radius 3 is 3.13 bits per heavy atom. The number of cyclic esters (lactones) is 1. The summed E-state index contributed by atoms with van der Waals surface area (Å²) < 4.78 is 5.22. The molecule has 0 bridgehead atoms. The number of ether oxygens (including phenoxy) is 1. The molecule has 0 saturated carbocycles. The first-order valence-corrected chi connectivity index (χ1v) is 5.48. The van der Waals surface area contributed by atoms with E-state index in [-0.39, 0.29) is 12.1 Å². The number of esters is 1. The zero-order chi connectivity index (χ0) is 11.1. The summed E-state index contributed by atoms with van der Waals surface area (Å²) in [6.07, 6.45) is 5.52. The van der Waals surface area contributed by atoms with E-state index in [4.69, 9.17) is 4.74 Å². The molecule has 1 atom stereocenters. The largest absolute Gasteiger partial charge is 0.462 e. The van der Waals surface area contributed by atoms with E-state index in [2.05, 4.69) is 9.99 Å². The molecular formula is C11H19NO3. The van der Waals surface area contributed by atoms with Gasteiger partial charge in [0, 0.05) is 6.42 Å². The number of rotatable bonds is 5. The molecule has 0 aromatic heterocycles. The topological polar surface area (TPSA) is 47.9 Å². The van der Waals surface area contributed by atoms with Crippen molar-refractivity contribution >= 4 is 11.7 Å². The fourth-order valence-electron chi connectivity index (χ4n) is 1.77. The van der Waals surface area contributed by atoms with Crippen LogP contribution < -0.4 is 0 Å². The van der Waals surface area contributed by atoms with Crippen LogP contribution in [-0.4, -0.2) is 24.9 Å². The van der Waals surface area contributed by atoms with Crippen LogP contribution in [0.1, 0.15) is 45.4 Å². The van der Waals surface area contributed by atoms with Crippen molar-refractivity contribution in [2.24, 2.45) is 5.16 Å². The van der Waals surface area contributed by atoms with Gasteiger partial charge in [0.05, 0.1) is 5.71 Å². The number of hydrogen-bond acceptors (Lipinski definition) is 4. The van der Waals surface area contributed by atoms with Gasteiger partial charge in [0.2, 0.25) is 0 Å². The molecule has 1 saturated heterocycles. The quantitative estimate of drug-likeness (QED) is 0.400. The maximum Gasteiger partial charge on any atom is 0.306 e. The van der Waals surface area contributed by atoms with E-state index in [1.54, 1.807) is 7.11 Å². The lowest BCUT2D eigenvalue weighted by molar-refractivity contribution is -0.154. The van der Waals surface area contributed by atoms with Crippen LogP contribution in [0.15, 0.2) is 5.16 Å². The molecule has 0 N–H and O–H groups in total. The summed E-state index contributed by atoms with van der Waals surface area (Å²) in [6, 6.07) is 0. The molecule has 0 aromatic rings. The number of oxime groups is 1. The minimum atomic E-state index is -0.0477. The molecule has 0 amide bonds. The second-order valence-electron chi connectivity index (χ2n) is 3.91. The molecule has 0 aliphatic carbocycles. The zero-order valence-electron chi connectivity index (χ0n) is 9.49. The molecule has 0 spiro atoms. The van der Waals surface area contributed by atoms with Crippen molar-refractivity contribution in [1.29, 1.82) is 0 Å². The van der Waals surface area contributed by atoms with E-state index < -0.39 is 0 Å². The van der Waals surface area contributed by atoms with Crippen molar-refractivity contribution in [2.75, 3.05) is 7.11 Å². The van der Waals surface area contributed by atoms with Gasteiger partial charge in [-0.05, 0) is 39.0 Å². The molecule has 0 aromatic carbocycles. The molecular weight excluding hydrogens is 194 g/mol. The Kier molecular flexibility index (Phi) is 5.15. The van der Waals surface area contributed by atoms with Gasteiger partial charge >= 0.3 is 5.97 Å². The lowest BCUT2D eigenvalue weighted by Gasteiger charge is -2.21. The van der Waals surface area contributed by atoms with Crippen molar-refractivity contribution in [3.8, 4) is 0 Å². The van der Waals surface area contributed by atoms with Gasteiger partial charge in [0.15, 0.2) is 0 Å². The van der Waals surface area contributed by atoms with Crippen LogP contribution >= 0.6 is 0 Å². The first-order valence-electron chi connectivity index (χ1n) is 5.48. The van der Waals surface area contributed by atoms with Crippen molar-refractivity contribution in [3.63, 3.8) is 0 Å². The molecule has 1 aliphatic rings. The summed E-state index contributed by atoms with van der Waals surface area (Å²) in [5.74, 6) is -0.0477. The Morgan fingerprint density at radius 1 is 1.67 bits per heavy atom. The van der Waals surface area contributed by atoms with Gasteiger partial charge in [-0.1, -0.05) is 5.16 Å². The van der Waals surface area contributed by atoms with Crippen molar-refractivity contribution in [3.05, 3.63) is 0 Å². The monoisotopic (exact) mass is 213 g/mol. The molecule has 1 rings (SSSR count). The van der Waals surface area contributed by atoms with Crippen molar-refractivity contribution in [2.45, 2.75) is 51.6 Å². The highest BCUT2D eigenvalue weighted by Gasteiger charge is 2.19. The number of nitrogens with zero attached hydrogens (tertiary/aromatic N) is 1. The van der Waals surface area contributed by atoms with E-state index in [9.17, 15) is 4.79 Å². The van der Waals surface area contributed by atoms with Gasteiger partial charge in [-0.3, -0.25) is 4.79 Å². The minimum Gasteiger partial charge on any atom is -0.462 e. The maximum absolute atomic E-state index is 11.0. The summed E-state index contributed by atoms with van der Waals surface area (Å²) in [4.78, 5) is 15.7. The van der Waals surface area contributed by atoms with E-state index >= 15 is 0 Å². The first-order chi connectivity index (χ1) is 7.22. The Labute approximate surface area is 90.6 Å². The van der Waals surface area contributed by atoms with Gasteiger partial charge in [-0.15, -0.1) is 0 Å². The van der Waals surface area contributed by atoms with Gasteiger partial charge in [0.1, 0.15) is 13.2 Å². The van der Waals surface area contributed by atoms with Crippen molar-refractivity contribution in [1.82, 2.24) is 0 Å². The molecule has 4 nitrogen and oxygen atoms in total. The minimum absolute atomic E-state index is 0.0477.